The Hall–Kier alpha value is -2.28. The molecule has 25 heavy (non-hydrogen) atoms. The highest BCUT2D eigenvalue weighted by molar-refractivity contribution is 6.32. The number of nitrogens with zero attached hydrogens (tertiary/aromatic N) is 3. The van der Waals surface area contributed by atoms with Crippen LogP contribution in [0.3, 0.4) is 0 Å². The van der Waals surface area contributed by atoms with Gasteiger partial charge in [-0.2, -0.15) is 0 Å². The normalized spacial score (nSPS) is 14.2. The van der Waals surface area contributed by atoms with Crippen LogP contribution in [0.15, 0.2) is 18.2 Å². The fourth-order valence-electron chi connectivity index (χ4n) is 2.73. The summed E-state index contributed by atoms with van der Waals surface area (Å²) >= 11 is 6.12. The number of rotatable bonds is 6. The summed E-state index contributed by atoms with van der Waals surface area (Å²) in [4.78, 5) is 39.9. The molecule has 8 heteroatoms. The van der Waals surface area contributed by atoms with Gasteiger partial charge in [-0.1, -0.05) is 11.6 Å². The molecular formula is C17H22ClN3O4. The summed E-state index contributed by atoms with van der Waals surface area (Å²) in [6, 6.07) is 5.07. The van der Waals surface area contributed by atoms with Gasteiger partial charge in [0.15, 0.2) is 0 Å². The predicted octanol–water partition coefficient (Wildman–Crippen LogP) is 1.39. The van der Waals surface area contributed by atoms with Gasteiger partial charge in [0.1, 0.15) is 5.75 Å². The van der Waals surface area contributed by atoms with E-state index >= 15 is 0 Å². The van der Waals surface area contributed by atoms with Crippen LogP contribution >= 0.6 is 11.6 Å². The molecule has 1 aromatic carbocycles. The minimum absolute atomic E-state index is 0.0311. The fourth-order valence-corrected chi connectivity index (χ4v) is 2.99. The van der Waals surface area contributed by atoms with Gasteiger partial charge in [0, 0.05) is 51.8 Å². The summed E-state index contributed by atoms with van der Waals surface area (Å²) < 4.78 is 5.11. The summed E-state index contributed by atoms with van der Waals surface area (Å²) in [6.45, 7) is 3.84. The lowest BCUT2D eigenvalue weighted by atomic mass is 10.2. The molecular weight excluding hydrogens is 346 g/mol. The van der Waals surface area contributed by atoms with Gasteiger partial charge < -0.3 is 19.4 Å². The Labute approximate surface area is 152 Å². The van der Waals surface area contributed by atoms with E-state index in [0.29, 0.717) is 42.6 Å². The van der Waals surface area contributed by atoms with Gasteiger partial charge in [-0.15, -0.1) is 0 Å². The first kappa shape index (κ1) is 19.1. The smallest absolute Gasteiger partial charge is 0.224 e. The van der Waals surface area contributed by atoms with E-state index in [2.05, 4.69) is 0 Å². The van der Waals surface area contributed by atoms with E-state index in [0.717, 1.165) is 6.41 Å². The molecule has 0 N–H and O–H groups in total. The van der Waals surface area contributed by atoms with E-state index in [1.807, 2.05) is 0 Å². The standard InChI is InChI=1S/C17H22ClN3O4/c1-13(23)21(14-3-4-16(25-2)15(18)11-14)6-5-17(24)20-9-7-19(12-22)8-10-20/h3-4,11-12H,5-10H2,1-2H3. The minimum Gasteiger partial charge on any atom is -0.495 e. The number of anilines is 1. The predicted molar refractivity (Wildman–Crippen MR) is 94.9 cm³/mol. The van der Waals surface area contributed by atoms with Crippen molar-refractivity contribution in [1.82, 2.24) is 9.80 Å². The number of carbonyl (C=O) groups excluding carboxylic acids is 3. The SMILES string of the molecule is COc1ccc(N(CCC(=O)N2CCN(C=O)CC2)C(C)=O)cc1Cl. The van der Waals surface area contributed by atoms with E-state index in [1.54, 1.807) is 28.0 Å². The van der Waals surface area contributed by atoms with Crippen molar-refractivity contribution in [2.24, 2.45) is 0 Å². The Kier molecular flexibility index (Phi) is 6.64. The van der Waals surface area contributed by atoms with Crippen molar-refractivity contribution >= 4 is 35.5 Å². The Morgan fingerprint density at radius 3 is 2.48 bits per heavy atom. The molecule has 0 aromatic heterocycles. The molecule has 0 unspecified atom stereocenters. The molecule has 3 amide bonds. The third kappa shape index (κ3) is 4.85. The molecule has 1 saturated heterocycles. The van der Waals surface area contributed by atoms with Crippen LogP contribution < -0.4 is 9.64 Å². The van der Waals surface area contributed by atoms with Gasteiger partial charge >= 0.3 is 0 Å². The van der Waals surface area contributed by atoms with Crippen molar-refractivity contribution in [3.63, 3.8) is 0 Å². The number of hydrogen-bond donors (Lipinski definition) is 0. The molecule has 0 saturated carbocycles. The quantitative estimate of drug-likeness (QED) is 0.712. The largest absolute Gasteiger partial charge is 0.495 e. The summed E-state index contributed by atoms with van der Waals surface area (Å²) in [7, 11) is 1.52. The van der Waals surface area contributed by atoms with Crippen LogP contribution in [-0.2, 0) is 14.4 Å². The number of hydrogen-bond acceptors (Lipinski definition) is 4. The Balaban J connectivity index is 1.98. The van der Waals surface area contributed by atoms with Gasteiger partial charge in [-0.3, -0.25) is 14.4 Å². The Morgan fingerprint density at radius 2 is 1.96 bits per heavy atom. The maximum Gasteiger partial charge on any atom is 0.224 e. The lowest BCUT2D eigenvalue weighted by molar-refractivity contribution is -0.135. The highest BCUT2D eigenvalue weighted by atomic mass is 35.5. The van der Waals surface area contributed by atoms with E-state index in [1.165, 1.54) is 18.9 Å². The van der Waals surface area contributed by atoms with Crippen LogP contribution in [0.2, 0.25) is 5.02 Å². The molecule has 0 spiro atoms. The zero-order valence-corrected chi connectivity index (χ0v) is 15.2. The van der Waals surface area contributed by atoms with Crippen LogP contribution in [0, 0.1) is 0 Å². The number of benzene rings is 1. The van der Waals surface area contributed by atoms with Crippen LogP contribution in [-0.4, -0.2) is 67.9 Å². The number of halogens is 1. The van der Waals surface area contributed by atoms with Crippen LogP contribution in [0.25, 0.3) is 0 Å². The average Bonchev–Trinajstić information content (AvgIpc) is 2.61. The highest BCUT2D eigenvalue weighted by Gasteiger charge is 2.22. The number of methoxy groups -OCH3 is 1. The monoisotopic (exact) mass is 367 g/mol. The lowest BCUT2D eigenvalue weighted by Gasteiger charge is -2.33. The van der Waals surface area contributed by atoms with Crippen molar-refractivity contribution in [3.05, 3.63) is 23.2 Å². The van der Waals surface area contributed by atoms with Gasteiger partial charge in [0.05, 0.1) is 12.1 Å². The minimum atomic E-state index is -0.167. The maximum atomic E-state index is 12.4. The van der Waals surface area contributed by atoms with Crippen LogP contribution in [0.5, 0.6) is 5.75 Å². The molecule has 136 valence electrons. The van der Waals surface area contributed by atoms with Crippen molar-refractivity contribution in [2.45, 2.75) is 13.3 Å². The summed E-state index contributed by atoms with van der Waals surface area (Å²) in [5.74, 6) is 0.328. The second kappa shape index (κ2) is 8.71. The molecule has 2 rings (SSSR count). The summed E-state index contributed by atoms with van der Waals surface area (Å²) in [5.41, 5.74) is 0.622. The number of amides is 3. The molecule has 1 heterocycles. The van der Waals surface area contributed by atoms with E-state index in [-0.39, 0.29) is 24.8 Å². The van der Waals surface area contributed by atoms with Crippen molar-refractivity contribution in [2.75, 3.05) is 44.7 Å². The molecule has 0 aliphatic carbocycles. The zero-order valence-electron chi connectivity index (χ0n) is 14.4. The van der Waals surface area contributed by atoms with Crippen molar-refractivity contribution in [3.8, 4) is 5.75 Å². The number of ether oxygens (including phenoxy) is 1. The average molecular weight is 368 g/mol. The summed E-state index contributed by atoms with van der Waals surface area (Å²) in [5, 5.41) is 0.405. The third-order valence-corrected chi connectivity index (χ3v) is 4.49. The van der Waals surface area contributed by atoms with Gasteiger partial charge in [-0.25, -0.2) is 0 Å². The number of piperazine rings is 1. The molecule has 1 aromatic rings. The van der Waals surface area contributed by atoms with Gasteiger partial charge in [0.2, 0.25) is 18.2 Å². The van der Waals surface area contributed by atoms with E-state index in [4.69, 9.17) is 16.3 Å². The molecule has 0 atom stereocenters. The fraction of sp³-hybridized carbons (Fsp3) is 0.471. The van der Waals surface area contributed by atoms with Crippen molar-refractivity contribution < 1.29 is 19.1 Å². The topological polar surface area (TPSA) is 70.2 Å². The molecule has 1 aliphatic heterocycles. The number of carbonyl (C=O) groups is 3. The first-order valence-electron chi connectivity index (χ1n) is 8.05. The Bertz CT molecular complexity index is 645. The maximum absolute atomic E-state index is 12.4. The van der Waals surface area contributed by atoms with Crippen LogP contribution in [0.1, 0.15) is 13.3 Å². The second-order valence-corrected chi connectivity index (χ2v) is 6.17. The third-order valence-electron chi connectivity index (χ3n) is 4.19. The van der Waals surface area contributed by atoms with Gasteiger partial charge in [0.25, 0.3) is 0 Å². The van der Waals surface area contributed by atoms with Crippen molar-refractivity contribution in [1.29, 1.82) is 0 Å². The first-order chi connectivity index (χ1) is 12.0. The summed E-state index contributed by atoms with van der Waals surface area (Å²) in [6.07, 6.45) is 1.01. The first-order valence-corrected chi connectivity index (χ1v) is 8.43. The molecule has 1 fully saturated rings. The molecule has 7 nitrogen and oxygen atoms in total. The second-order valence-electron chi connectivity index (χ2n) is 5.76. The molecule has 1 aliphatic rings. The highest BCUT2D eigenvalue weighted by Crippen LogP contribution is 2.29. The molecule has 0 radical (unpaired) electrons. The lowest BCUT2D eigenvalue weighted by Crippen LogP contribution is -2.48. The zero-order chi connectivity index (χ0) is 18.4. The van der Waals surface area contributed by atoms with Gasteiger partial charge in [-0.05, 0) is 18.2 Å². The van der Waals surface area contributed by atoms with E-state index in [9.17, 15) is 14.4 Å². The van der Waals surface area contributed by atoms with Crippen LogP contribution in [0.4, 0.5) is 5.69 Å². The molecule has 0 bridgehead atoms. The Morgan fingerprint density at radius 1 is 1.28 bits per heavy atom. The van der Waals surface area contributed by atoms with E-state index < -0.39 is 0 Å².